The van der Waals surface area contributed by atoms with Crippen molar-refractivity contribution in [1.29, 1.82) is 0 Å². The molecule has 1 aromatic carbocycles. The van der Waals surface area contributed by atoms with Crippen LogP contribution >= 0.6 is 0 Å². The lowest BCUT2D eigenvalue weighted by atomic mass is 10.1. The quantitative estimate of drug-likeness (QED) is 0.815. The van der Waals surface area contributed by atoms with Crippen molar-refractivity contribution in [1.82, 2.24) is 5.32 Å². The van der Waals surface area contributed by atoms with Gasteiger partial charge in [0.2, 0.25) is 10.0 Å². The molecule has 1 unspecified atom stereocenters. The van der Waals surface area contributed by atoms with Gasteiger partial charge in [0, 0.05) is 7.11 Å². The highest BCUT2D eigenvalue weighted by Crippen LogP contribution is 2.18. The van der Waals surface area contributed by atoms with Crippen LogP contribution in [0.4, 0.5) is 4.39 Å². The van der Waals surface area contributed by atoms with Gasteiger partial charge in [-0.2, -0.15) is 0 Å². The molecular weight excluding hydrogens is 299 g/mol. The van der Waals surface area contributed by atoms with Crippen LogP contribution in [0, 0.1) is 12.7 Å². The molecule has 0 saturated heterocycles. The molecule has 0 aromatic heterocycles. The van der Waals surface area contributed by atoms with E-state index in [1.165, 1.54) is 14.0 Å². The smallest absolute Gasteiger partial charge is 0.254 e. The number of primary sulfonamides is 1. The zero-order chi connectivity index (χ0) is 16.2. The topological polar surface area (TPSA) is 98.5 Å². The standard InChI is InChI=1S/C13H19FN2O4S/c1-4-9(7-20-3)16-13(17)11-6-10(21(15,18)19)5-8(2)12(11)14/h5-6,9H,4,7H2,1-3H3,(H,16,17)(H2,15,18,19). The van der Waals surface area contributed by atoms with E-state index in [0.717, 1.165) is 12.1 Å². The minimum absolute atomic E-state index is 0.0338. The fraction of sp³-hybridized carbons (Fsp3) is 0.462. The molecular formula is C13H19FN2O4S. The Labute approximate surface area is 123 Å². The highest BCUT2D eigenvalue weighted by Gasteiger charge is 2.21. The second-order valence-electron chi connectivity index (χ2n) is 4.68. The molecule has 8 heteroatoms. The minimum atomic E-state index is -4.01. The Bertz CT molecular complexity index is 631. The summed E-state index contributed by atoms with van der Waals surface area (Å²) in [5, 5.41) is 7.61. The Morgan fingerprint density at radius 1 is 1.48 bits per heavy atom. The number of ether oxygens (including phenoxy) is 1. The Balaban J connectivity index is 3.17. The summed E-state index contributed by atoms with van der Waals surface area (Å²) in [7, 11) is -2.53. The Morgan fingerprint density at radius 2 is 2.10 bits per heavy atom. The lowest BCUT2D eigenvalue weighted by molar-refractivity contribution is 0.0890. The molecule has 0 fully saturated rings. The summed E-state index contributed by atoms with van der Waals surface area (Å²) in [4.78, 5) is 11.8. The summed E-state index contributed by atoms with van der Waals surface area (Å²) >= 11 is 0. The minimum Gasteiger partial charge on any atom is -0.383 e. The first kappa shape index (κ1) is 17.5. The van der Waals surface area contributed by atoms with Crippen LogP contribution in [-0.4, -0.2) is 34.1 Å². The Morgan fingerprint density at radius 3 is 2.57 bits per heavy atom. The number of nitrogens with one attached hydrogen (secondary N) is 1. The first-order valence-electron chi connectivity index (χ1n) is 6.33. The van der Waals surface area contributed by atoms with Gasteiger partial charge >= 0.3 is 0 Å². The average Bonchev–Trinajstić information content (AvgIpc) is 2.39. The lowest BCUT2D eigenvalue weighted by Crippen LogP contribution is -2.38. The van der Waals surface area contributed by atoms with Gasteiger partial charge in [-0.3, -0.25) is 4.79 Å². The molecule has 1 rings (SSSR count). The highest BCUT2D eigenvalue weighted by atomic mass is 32.2. The van der Waals surface area contributed by atoms with Gasteiger partial charge < -0.3 is 10.1 Å². The van der Waals surface area contributed by atoms with Crippen molar-refractivity contribution in [2.45, 2.75) is 31.2 Å². The molecule has 1 amide bonds. The van der Waals surface area contributed by atoms with Crippen molar-refractivity contribution >= 4 is 15.9 Å². The number of amides is 1. The third-order valence-corrected chi connectivity index (χ3v) is 3.89. The van der Waals surface area contributed by atoms with E-state index in [4.69, 9.17) is 9.88 Å². The maximum absolute atomic E-state index is 14.0. The highest BCUT2D eigenvalue weighted by molar-refractivity contribution is 7.89. The molecule has 0 bridgehead atoms. The monoisotopic (exact) mass is 318 g/mol. The summed E-state index contributed by atoms with van der Waals surface area (Å²) in [6.45, 7) is 3.48. The molecule has 0 aliphatic carbocycles. The van der Waals surface area contributed by atoms with E-state index in [0.29, 0.717) is 6.42 Å². The number of carbonyl (C=O) groups excluding carboxylic acids is 1. The fourth-order valence-corrected chi connectivity index (χ4v) is 2.42. The summed E-state index contributed by atoms with van der Waals surface area (Å²) in [5.41, 5.74) is -0.319. The third kappa shape index (κ3) is 4.48. The predicted molar refractivity (Wildman–Crippen MR) is 75.9 cm³/mol. The number of benzene rings is 1. The van der Waals surface area contributed by atoms with E-state index >= 15 is 0 Å². The number of halogens is 1. The number of sulfonamides is 1. The second kappa shape index (κ2) is 6.97. The first-order valence-corrected chi connectivity index (χ1v) is 7.88. The summed E-state index contributed by atoms with van der Waals surface area (Å²) in [6.07, 6.45) is 0.592. The van der Waals surface area contributed by atoms with Crippen LogP contribution in [0.25, 0.3) is 0 Å². The van der Waals surface area contributed by atoms with Crippen molar-refractivity contribution in [3.05, 3.63) is 29.1 Å². The van der Waals surface area contributed by atoms with Crippen LogP contribution < -0.4 is 10.5 Å². The second-order valence-corrected chi connectivity index (χ2v) is 6.24. The van der Waals surface area contributed by atoms with E-state index in [-0.39, 0.29) is 28.7 Å². The average molecular weight is 318 g/mol. The molecule has 0 heterocycles. The van der Waals surface area contributed by atoms with E-state index in [2.05, 4.69) is 5.32 Å². The third-order valence-electron chi connectivity index (χ3n) is 3.00. The molecule has 3 N–H and O–H groups in total. The van der Waals surface area contributed by atoms with E-state index in [1.54, 1.807) is 0 Å². The summed E-state index contributed by atoms with van der Waals surface area (Å²) in [5.74, 6) is -1.47. The summed E-state index contributed by atoms with van der Waals surface area (Å²) < 4.78 is 41.7. The molecule has 6 nitrogen and oxygen atoms in total. The van der Waals surface area contributed by atoms with Gasteiger partial charge in [-0.25, -0.2) is 17.9 Å². The van der Waals surface area contributed by atoms with E-state index < -0.39 is 21.7 Å². The molecule has 21 heavy (non-hydrogen) atoms. The molecule has 0 aliphatic rings. The van der Waals surface area contributed by atoms with Crippen molar-refractivity contribution in [2.24, 2.45) is 5.14 Å². The van der Waals surface area contributed by atoms with Crippen molar-refractivity contribution in [3.8, 4) is 0 Å². The zero-order valence-corrected chi connectivity index (χ0v) is 13.0. The van der Waals surface area contributed by atoms with Crippen LogP contribution in [0.3, 0.4) is 0 Å². The van der Waals surface area contributed by atoms with E-state index in [9.17, 15) is 17.6 Å². The van der Waals surface area contributed by atoms with Gasteiger partial charge in [0.15, 0.2) is 0 Å². The van der Waals surface area contributed by atoms with Crippen molar-refractivity contribution in [3.63, 3.8) is 0 Å². The maximum atomic E-state index is 14.0. The molecule has 118 valence electrons. The van der Waals surface area contributed by atoms with Crippen LogP contribution in [0.15, 0.2) is 17.0 Å². The lowest BCUT2D eigenvalue weighted by Gasteiger charge is -2.17. The molecule has 1 atom stereocenters. The normalized spacial score (nSPS) is 13.0. The van der Waals surface area contributed by atoms with E-state index in [1.807, 2.05) is 6.92 Å². The zero-order valence-electron chi connectivity index (χ0n) is 12.1. The van der Waals surface area contributed by atoms with Crippen LogP contribution in [0.1, 0.15) is 29.3 Å². The predicted octanol–water partition coefficient (Wildman–Crippen LogP) is 0.936. The largest absolute Gasteiger partial charge is 0.383 e. The number of nitrogens with two attached hydrogens (primary N) is 1. The van der Waals surface area contributed by atoms with Crippen LogP contribution in [0.5, 0.6) is 0 Å². The molecule has 0 saturated carbocycles. The number of rotatable bonds is 6. The number of methoxy groups -OCH3 is 1. The molecule has 0 spiro atoms. The fourth-order valence-electron chi connectivity index (χ4n) is 1.79. The molecule has 1 aromatic rings. The van der Waals surface area contributed by atoms with Gasteiger partial charge in [0.1, 0.15) is 5.82 Å². The number of hydrogen-bond acceptors (Lipinski definition) is 4. The Kier molecular flexibility index (Phi) is 5.82. The van der Waals surface area contributed by atoms with Crippen LogP contribution in [0.2, 0.25) is 0 Å². The van der Waals surface area contributed by atoms with Crippen LogP contribution in [-0.2, 0) is 14.8 Å². The van der Waals surface area contributed by atoms with Crippen molar-refractivity contribution < 1.29 is 22.3 Å². The SMILES string of the molecule is CCC(COC)NC(=O)c1cc(S(N)(=O)=O)cc(C)c1F. The van der Waals surface area contributed by atoms with Gasteiger partial charge in [0.25, 0.3) is 5.91 Å². The number of carbonyl (C=O) groups is 1. The van der Waals surface area contributed by atoms with Gasteiger partial charge in [-0.15, -0.1) is 0 Å². The molecule has 0 aliphatic heterocycles. The Hall–Kier alpha value is -1.51. The van der Waals surface area contributed by atoms with Gasteiger partial charge in [-0.05, 0) is 31.0 Å². The number of hydrogen-bond donors (Lipinski definition) is 2. The summed E-state index contributed by atoms with van der Waals surface area (Å²) in [6, 6.07) is 1.74. The maximum Gasteiger partial charge on any atom is 0.254 e. The number of aryl methyl sites for hydroxylation is 1. The van der Waals surface area contributed by atoms with Gasteiger partial charge in [-0.1, -0.05) is 6.92 Å². The molecule has 0 radical (unpaired) electrons. The first-order chi connectivity index (χ1) is 9.70. The van der Waals surface area contributed by atoms with Gasteiger partial charge in [0.05, 0.1) is 23.1 Å². The van der Waals surface area contributed by atoms with Crippen molar-refractivity contribution in [2.75, 3.05) is 13.7 Å².